The topological polar surface area (TPSA) is 156 Å². The van der Waals surface area contributed by atoms with Crippen molar-refractivity contribution in [2.75, 3.05) is 13.2 Å². The van der Waals surface area contributed by atoms with E-state index in [-0.39, 0.29) is 0 Å². The molecule has 12 nitrogen and oxygen atoms in total. The number of ether oxygens (including phenoxy) is 5. The van der Waals surface area contributed by atoms with E-state index in [2.05, 4.69) is 10.6 Å². The molecule has 0 aliphatic carbocycles. The summed E-state index contributed by atoms with van der Waals surface area (Å²) < 4.78 is 29.6. The maximum atomic E-state index is 13.3. The third-order valence-corrected chi connectivity index (χ3v) is 6.85. The predicted molar refractivity (Wildman–Crippen MR) is 156 cm³/mol. The van der Waals surface area contributed by atoms with Crippen molar-refractivity contribution in [2.24, 2.45) is 21.7 Å². The molecule has 12 heteroatoms. The molecular formula is C31H52N2O10. The Morgan fingerprint density at radius 3 is 1.53 bits per heavy atom. The standard InChI is InChI=1S/C31H52N2O10/c1-28(2,3)24(35)39-16-18-19(41-25(36)29(4,5)6)20(42-26(37)30(7,8)9)21(43-27(38)31(10,11)12)23(40-18)33-22(34)17-14-13-15-32-17/h17-21,23,32H,13-16H2,1-12H3,(H,33,34)/t17-,18+,19+,20-,21+,23+/m0/s1. The van der Waals surface area contributed by atoms with Crippen molar-refractivity contribution >= 4 is 29.8 Å². The Balaban J connectivity index is 2.65. The summed E-state index contributed by atoms with van der Waals surface area (Å²) in [7, 11) is 0. The second-order valence-corrected chi connectivity index (χ2v) is 15.5. The molecular weight excluding hydrogens is 560 g/mol. The summed E-state index contributed by atoms with van der Waals surface area (Å²) in [6, 6.07) is -0.508. The number of amides is 1. The van der Waals surface area contributed by atoms with E-state index < -0.39 is 94.7 Å². The fourth-order valence-electron chi connectivity index (χ4n) is 3.99. The van der Waals surface area contributed by atoms with Crippen LogP contribution in [0.4, 0.5) is 0 Å². The molecule has 1 amide bonds. The van der Waals surface area contributed by atoms with Crippen molar-refractivity contribution in [1.29, 1.82) is 0 Å². The minimum Gasteiger partial charge on any atom is -0.462 e. The van der Waals surface area contributed by atoms with Crippen LogP contribution in [0.2, 0.25) is 0 Å². The van der Waals surface area contributed by atoms with Crippen LogP contribution in [0.5, 0.6) is 0 Å². The molecule has 0 aromatic heterocycles. The Hall–Kier alpha value is -2.73. The molecule has 43 heavy (non-hydrogen) atoms. The zero-order valence-corrected chi connectivity index (χ0v) is 27.9. The maximum Gasteiger partial charge on any atom is 0.311 e. The molecule has 6 atom stereocenters. The average Bonchev–Trinajstić information content (AvgIpc) is 3.38. The quantitative estimate of drug-likeness (QED) is 0.322. The van der Waals surface area contributed by atoms with E-state index >= 15 is 0 Å². The van der Waals surface area contributed by atoms with E-state index in [0.29, 0.717) is 13.0 Å². The first-order valence-electron chi connectivity index (χ1n) is 14.9. The van der Waals surface area contributed by atoms with Crippen LogP contribution >= 0.6 is 0 Å². The number of carbonyl (C=O) groups is 5. The second kappa shape index (κ2) is 13.5. The second-order valence-electron chi connectivity index (χ2n) is 15.5. The van der Waals surface area contributed by atoms with Crippen molar-refractivity contribution in [3.05, 3.63) is 0 Å². The third-order valence-electron chi connectivity index (χ3n) is 6.85. The first kappa shape index (κ1) is 36.5. The van der Waals surface area contributed by atoms with Crippen LogP contribution in [0.25, 0.3) is 0 Å². The molecule has 2 rings (SSSR count). The van der Waals surface area contributed by atoms with Gasteiger partial charge >= 0.3 is 23.9 Å². The van der Waals surface area contributed by atoms with Gasteiger partial charge in [0.25, 0.3) is 0 Å². The van der Waals surface area contributed by atoms with Gasteiger partial charge in [-0.25, -0.2) is 0 Å². The molecule has 2 N–H and O–H groups in total. The van der Waals surface area contributed by atoms with Gasteiger partial charge in [-0.1, -0.05) is 0 Å². The van der Waals surface area contributed by atoms with E-state index in [0.717, 1.165) is 6.42 Å². The maximum absolute atomic E-state index is 13.3. The first-order chi connectivity index (χ1) is 19.4. The summed E-state index contributed by atoms with van der Waals surface area (Å²) in [4.78, 5) is 65.7. The lowest BCUT2D eigenvalue weighted by Crippen LogP contribution is -2.67. The zero-order chi connectivity index (χ0) is 33.1. The highest BCUT2D eigenvalue weighted by Gasteiger charge is 2.55. The van der Waals surface area contributed by atoms with Gasteiger partial charge < -0.3 is 34.3 Å². The van der Waals surface area contributed by atoms with E-state index in [1.807, 2.05) is 0 Å². The summed E-state index contributed by atoms with van der Waals surface area (Å²) in [5, 5.41) is 5.90. The van der Waals surface area contributed by atoms with E-state index in [1.165, 1.54) is 0 Å². The molecule has 2 aliphatic heterocycles. The largest absolute Gasteiger partial charge is 0.462 e. The summed E-state index contributed by atoms with van der Waals surface area (Å²) in [5.74, 6) is -2.92. The molecule has 0 spiro atoms. The predicted octanol–water partition coefficient (Wildman–Crippen LogP) is 3.04. The molecule has 246 valence electrons. The summed E-state index contributed by atoms with van der Waals surface area (Å²) in [6.45, 7) is 20.2. The zero-order valence-electron chi connectivity index (χ0n) is 27.9. The van der Waals surface area contributed by atoms with E-state index in [4.69, 9.17) is 23.7 Å². The van der Waals surface area contributed by atoms with Crippen LogP contribution in [0.15, 0.2) is 0 Å². The lowest BCUT2D eigenvalue weighted by molar-refractivity contribution is -0.264. The number of nitrogens with one attached hydrogen (secondary N) is 2. The van der Waals surface area contributed by atoms with Crippen molar-refractivity contribution in [2.45, 2.75) is 133 Å². The van der Waals surface area contributed by atoms with Crippen molar-refractivity contribution in [1.82, 2.24) is 10.6 Å². The van der Waals surface area contributed by atoms with E-state index in [1.54, 1.807) is 83.1 Å². The smallest absolute Gasteiger partial charge is 0.311 e. The summed E-state index contributed by atoms with van der Waals surface area (Å²) in [5.41, 5.74) is -3.79. The average molecular weight is 613 g/mol. The van der Waals surface area contributed by atoms with Crippen molar-refractivity contribution < 1.29 is 47.7 Å². The van der Waals surface area contributed by atoms with Gasteiger partial charge in [-0.3, -0.25) is 24.0 Å². The van der Waals surface area contributed by atoms with Gasteiger partial charge in [-0.15, -0.1) is 0 Å². The van der Waals surface area contributed by atoms with E-state index in [9.17, 15) is 24.0 Å². The highest BCUT2D eigenvalue weighted by molar-refractivity contribution is 5.82. The number of hydrogen-bond acceptors (Lipinski definition) is 11. The van der Waals surface area contributed by atoms with Crippen molar-refractivity contribution in [3.63, 3.8) is 0 Å². The molecule has 2 saturated heterocycles. The molecule has 2 fully saturated rings. The van der Waals surface area contributed by atoms with Crippen LogP contribution in [0.3, 0.4) is 0 Å². The molecule has 0 aromatic rings. The summed E-state index contributed by atoms with van der Waals surface area (Å²) in [6.07, 6.45) is -5.32. The monoisotopic (exact) mass is 612 g/mol. The molecule has 0 aromatic carbocycles. The lowest BCUT2D eigenvalue weighted by atomic mass is 9.92. The lowest BCUT2D eigenvalue weighted by Gasteiger charge is -2.46. The highest BCUT2D eigenvalue weighted by Crippen LogP contribution is 2.33. The fourth-order valence-corrected chi connectivity index (χ4v) is 3.99. The fraction of sp³-hybridized carbons (Fsp3) is 0.839. The Kier molecular flexibility index (Phi) is 11.4. The van der Waals surface area contributed by atoms with Crippen LogP contribution in [0, 0.1) is 21.7 Å². The number of esters is 4. The van der Waals surface area contributed by atoms with Gasteiger partial charge in [-0.05, 0) is 102 Å². The van der Waals surface area contributed by atoms with Crippen molar-refractivity contribution in [3.8, 4) is 0 Å². The van der Waals surface area contributed by atoms with Crippen LogP contribution in [-0.4, -0.2) is 79.6 Å². The number of carbonyl (C=O) groups excluding carboxylic acids is 5. The number of hydrogen-bond donors (Lipinski definition) is 2. The first-order valence-corrected chi connectivity index (χ1v) is 14.9. The van der Waals surface area contributed by atoms with Gasteiger partial charge in [0.1, 0.15) is 12.7 Å². The SMILES string of the molecule is CC(C)(C)C(=O)OC[C@H]1O[C@@H](NC(=O)[C@@H]2CCCN2)[C@H](OC(=O)C(C)(C)C)[C@@H](OC(=O)C(C)(C)C)[C@@H]1OC(=O)C(C)(C)C. The molecule has 0 saturated carbocycles. The minimum atomic E-state index is -1.42. The molecule has 2 aliphatic rings. The highest BCUT2D eigenvalue weighted by atomic mass is 16.7. The van der Waals surface area contributed by atoms with Crippen LogP contribution < -0.4 is 10.6 Å². The summed E-state index contributed by atoms with van der Waals surface area (Å²) >= 11 is 0. The molecule has 0 radical (unpaired) electrons. The van der Waals surface area contributed by atoms with Gasteiger partial charge in [0.2, 0.25) is 5.91 Å². The molecule has 0 unspecified atom stereocenters. The van der Waals surface area contributed by atoms with Gasteiger partial charge in [0.15, 0.2) is 24.5 Å². The molecule has 2 heterocycles. The number of rotatable bonds is 7. The third kappa shape index (κ3) is 10.2. The molecule has 0 bridgehead atoms. The van der Waals surface area contributed by atoms with Gasteiger partial charge in [0, 0.05) is 0 Å². The normalized spacial score (nSPS) is 26.7. The van der Waals surface area contributed by atoms with Gasteiger partial charge in [0.05, 0.1) is 27.7 Å². The van der Waals surface area contributed by atoms with Crippen LogP contribution in [0.1, 0.15) is 95.9 Å². The Labute approximate surface area is 255 Å². The Morgan fingerprint density at radius 1 is 0.674 bits per heavy atom. The van der Waals surface area contributed by atoms with Gasteiger partial charge in [-0.2, -0.15) is 0 Å². The minimum absolute atomic E-state index is 0.393. The Morgan fingerprint density at radius 2 is 1.12 bits per heavy atom. The Bertz CT molecular complexity index is 1040. The van der Waals surface area contributed by atoms with Crippen LogP contribution in [-0.2, 0) is 47.7 Å².